The van der Waals surface area contributed by atoms with Crippen LogP contribution in [0.2, 0.25) is 0 Å². The Bertz CT molecular complexity index is 479. The Morgan fingerprint density at radius 1 is 1.20 bits per heavy atom. The molecule has 2 atom stereocenters. The first-order chi connectivity index (χ1) is 9.83. The number of benzene rings is 1. The molecule has 0 bridgehead atoms. The number of rotatable bonds is 4. The number of amides is 1. The average Bonchev–Trinajstić information content (AvgIpc) is 3.11. The van der Waals surface area contributed by atoms with Crippen LogP contribution in [0.3, 0.4) is 0 Å². The summed E-state index contributed by atoms with van der Waals surface area (Å²) in [6.45, 7) is 0.951. The third-order valence-corrected chi connectivity index (χ3v) is 4.56. The molecule has 0 aromatic heterocycles. The fraction of sp³-hybridized carbons (Fsp3) is 0.500. The van der Waals surface area contributed by atoms with E-state index in [1.807, 2.05) is 6.07 Å². The molecule has 2 heteroatoms. The summed E-state index contributed by atoms with van der Waals surface area (Å²) in [4.78, 5) is 14.6. The van der Waals surface area contributed by atoms with Gasteiger partial charge in [0.15, 0.2) is 0 Å². The quantitative estimate of drug-likeness (QED) is 0.765. The molecule has 1 aromatic carbocycles. The van der Waals surface area contributed by atoms with Crippen molar-refractivity contribution < 1.29 is 4.79 Å². The van der Waals surface area contributed by atoms with Crippen molar-refractivity contribution in [2.75, 3.05) is 6.54 Å². The normalized spacial score (nSPS) is 25.3. The molecule has 106 valence electrons. The van der Waals surface area contributed by atoms with Gasteiger partial charge in [0.1, 0.15) is 0 Å². The molecular weight excluding hydrogens is 246 g/mol. The standard InChI is InChI=1S/C18H23NO/c20-18(14-16-9-4-5-10-16)19-12-6-11-17(19)13-15-7-2-1-3-8-15/h1-4,7-9,16-17H,5-6,10-14H2. The number of carbonyl (C=O) groups is 1. The van der Waals surface area contributed by atoms with Crippen molar-refractivity contribution in [1.82, 2.24) is 4.90 Å². The topological polar surface area (TPSA) is 20.3 Å². The Balaban J connectivity index is 1.60. The Hall–Kier alpha value is -1.57. The minimum Gasteiger partial charge on any atom is -0.339 e. The molecule has 1 amide bonds. The van der Waals surface area contributed by atoms with Crippen molar-refractivity contribution in [2.24, 2.45) is 5.92 Å². The fourth-order valence-corrected chi connectivity index (χ4v) is 3.47. The molecule has 3 rings (SSSR count). The lowest BCUT2D eigenvalue weighted by molar-refractivity contribution is -0.132. The average molecular weight is 269 g/mol. The van der Waals surface area contributed by atoms with E-state index in [2.05, 4.69) is 41.3 Å². The molecule has 2 nitrogen and oxygen atoms in total. The lowest BCUT2D eigenvalue weighted by Gasteiger charge is -2.26. The van der Waals surface area contributed by atoms with Gasteiger partial charge in [-0.2, -0.15) is 0 Å². The number of nitrogens with zero attached hydrogens (tertiary/aromatic N) is 1. The highest BCUT2D eigenvalue weighted by Crippen LogP contribution is 2.26. The Morgan fingerprint density at radius 3 is 2.80 bits per heavy atom. The van der Waals surface area contributed by atoms with E-state index in [0.717, 1.165) is 38.6 Å². The molecule has 1 heterocycles. The summed E-state index contributed by atoms with van der Waals surface area (Å²) in [5.41, 5.74) is 1.35. The number of likely N-dealkylation sites (tertiary alicyclic amines) is 1. The summed E-state index contributed by atoms with van der Waals surface area (Å²) in [5, 5.41) is 0. The van der Waals surface area contributed by atoms with Crippen molar-refractivity contribution in [2.45, 2.75) is 44.6 Å². The van der Waals surface area contributed by atoms with E-state index < -0.39 is 0 Å². The second kappa shape index (κ2) is 6.25. The summed E-state index contributed by atoms with van der Waals surface area (Å²) in [7, 11) is 0. The van der Waals surface area contributed by atoms with Crippen LogP contribution in [0.5, 0.6) is 0 Å². The molecule has 0 N–H and O–H groups in total. The maximum Gasteiger partial charge on any atom is 0.223 e. The van der Waals surface area contributed by atoms with Gasteiger partial charge in [0.2, 0.25) is 5.91 Å². The van der Waals surface area contributed by atoms with Crippen molar-refractivity contribution in [3.63, 3.8) is 0 Å². The van der Waals surface area contributed by atoms with Gasteiger partial charge in [-0.05, 0) is 43.6 Å². The minimum atomic E-state index is 0.361. The Labute approximate surface area is 121 Å². The lowest BCUT2D eigenvalue weighted by Crippen LogP contribution is -2.37. The summed E-state index contributed by atoms with van der Waals surface area (Å²) < 4.78 is 0. The van der Waals surface area contributed by atoms with E-state index in [0.29, 0.717) is 24.3 Å². The first-order valence-electron chi connectivity index (χ1n) is 7.83. The molecule has 1 aromatic rings. The van der Waals surface area contributed by atoms with Crippen LogP contribution in [0.25, 0.3) is 0 Å². The molecule has 0 radical (unpaired) electrons. The third kappa shape index (κ3) is 3.12. The maximum absolute atomic E-state index is 12.5. The van der Waals surface area contributed by atoms with Crippen LogP contribution in [0.15, 0.2) is 42.5 Å². The van der Waals surface area contributed by atoms with Crippen LogP contribution >= 0.6 is 0 Å². The largest absolute Gasteiger partial charge is 0.339 e. The lowest BCUT2D eigenvalue weighted by atomic mass is 10.0. The van der Waals surface area contributed by atoms with Gasteiger partial charge in [-0.15, -0.1) is 0 Å². The fourth-order valence-electron chi connectivity index (χ4n) is 3.47. The predicted molar refractivity (Wildman–Crippen MR) is 81.4 cm³/mol. The Morgan fingerprint density at radius 2 is 2.05 bits per heavy atom. The minimum absolute atomic E-state index is 0.361. The van der Waals surface area contributed by atoms with E-state index in [9.17, 15) is 4.79 Å². The number of hydrogen-bond donors (Lipinski definition) is 0. The van der Waals surface area contributed by atoms with E-state index in [4.69, 9.17) is 0 Å². The molecular formula is C18H23NO. The van der Waals surface area contributed by atoms with Crippen LogP contribution in [0.4, 0.5) is 0 Å². The Kier molecular flexibility index (Phi) is 4.19. The number of allylic oxidation sites excluding steroid dienone is 2. The molecule has 0 spiro atoms. The van der Waals surface area contributed by atoms with E-state index in [-0.39, 0.29) is 0 Å². The second-order valence-corrected chi connectivity index (χ2v) is 6.04. The van der Waals surface area contributed by atoms with Crippen molar-refractivity contribution in [3.8, 4) is 0 Å². The smallest absolute Gasteiger partial charge is 0.223 e. The molecule has 1 aliphatic carbocycles. The first-order valence-corrected chi connectivity index (χ1v) is 7.83. The zero-order valence-electron chi connectivity index (χ0n) is 12.0. The first kappa shape index (κ1) is 13.4. The summed E-state index contributed by atoms with van der Waals surface area (Å²) >= 11 is 0. The molecule has 20 heavy (non-hydrogen) atoms. The van der Waals surface area contributed by atoms with Crippen LogP contribution < -0.4 is 0 Å². The SMILES string of the molecule is O=C(CC1C=CCC1)N1CCCC1Cc1ccccc1. The van der Waals surface area contributed by atoms with Gasteiger partial charge in [-0.1, -0.05) is 42.5 Å². The van der Waals surface area contributed by atoms with Gasteiger partial charge in [0.25, 0.3) is 0 Å². The second-order valence-electron chi connectivity index (χ2n) is 6.04. The van der Waals surface area contributed by atoms with Crippen molar-refractivity contribution >= 4 is 5.91 Å². The van der Waals surface area contributed by atoms with Crippen molar-refractivity contribution in [1.29, 1.82) is 0 Å². The number of hydrogen-bond acceptors (Lipinski definition) is 1. The highest BCUT2D eigenvalue weighted by atomic mass is 16.2. The van der Waals surface area contributed by atoms with Crippen LogP contribution in [0.1, 0.15) is 37.7 Å². The summed E-state index contributed by atoms with van der Waals surface area (Å²) in [5.74, 6) is 0.848. The van der Waals surface area contributed by atoms with Crippen molar-refractivity contribution in [3.05, 3.63) is 48.0 Å². The zero-order chi connectivity index (χ0) is 13.8. The van der Waals surface area contributed by atoms with Gasteiger partial charge in [-0.3, -0.25) is 4.79 Å². The van der Waals surface area contributed by atoms with Gasteiger partial charge in [0, 0.05) is 19.0 Å². The number of carbonyl (C=O) groups excluding carboxylic acids is 1. The maximum atomic E-state index is 12.5. The third-order valence-electron chi connectivity index (χ3n) is 4.56. The van der Waals surface area contributed by atoms with Crippen LogP contribution in [0, 0.1) is 5.92 Å². The van der Waals surface area contributed by atoms with Crippen LogP contribution in [-0.2, 0) is 11.2 Å². The zero-order valence-corrected chi connectivity index (χ0v) is 12.0. The highest BCUT2D eigenvalue weighted by Gasteiger charge is 2.29. The summed E-state index contributed by atoms with van der Waals surface area (Å²) in [6, 6.07) is 11.0. The molecule has 1 saturated heterocycles. The molecule has 0 saturated carbocycles. The molecule has 1 aliphatic heterocycles. The van der Waals surface area contributed by atoms with Gasteiger partial charge >= 0.3 is 0 Å². The van der Waals surface area contributed by atoms with Gasteiger partial charge < -0.3 is 4.90 Å². The van der Waals surface area contributed by atoms with Gasteiger partial charge in [-0.25, -0.2) is 0 Å². The van der Waals surface area contributed by atoms with E-state index in [1.165, 1.54) is 5.56 Å². The van der Waals surface area contributed by atoms with Gasteiger partial charge in [0.05, 0.1) is 0 Å². The molecule has 2 aliphatic rings. The van der Waals surface area contributed by atoms with Crippen LogP contribution in [-0.4, -0.2) is 23.4 Å². The molecule has 2 unspecified atom stereocenters. The predicted octanol–water partition coefficient (Wildman–Crippen LogP) is 3.58. The van der Waals surface area contributed by atoms with E-state index >= 15 is 0 Å². The molecule has 1 fully saturated rings. The van der Waals surface area contributed by atoms with E-state index in [1.54, 1.807) is 0 Å². The summed E-state index contributed by atoms with van der Waals surface area (Å²) in [6.07, 6.45) is 10.8. The highest BCUT2D eigenvalue weighted by molar-refractivity contribution is 5.77. The monoisotopic (exact) mass is 269 g/mol.